The lowest BCUT2D eigenvalue weighted by molar-refractivity contribution is 0.0962. The van der Waals surface area contributed by atoms with Crippen molar-refractivity contribution in [3.05, 3.63) is 24.0 Å². The summed E-state index contributed by atoms with van der Waals surface area (Å²) in [4.78, 5) is 11.9. The van der Waals surface area contributed by atoms with Gasteiger partial charge in [0, 0.05) is 19.7 Å². The monoisotopic (exact) mass is 219 g/mol. The lowest BCUT2D eigenvalue weighted by atomic mass is 9.85. The Balaban J connectivity index is 1.81. The van der Waals surface area contributed by atoms with Crippen LogP contribution >= 0.6 is 0 Å². The van der Waals surface area contributed by atoms with Crippen LogP contribution in [0.2, 0.25) is 0 Å². The average molecular weight is 219 g/mol. The number of carbonyl (C=O) groups excluding carboxylic acids is 1. The van der Waals surface area contributed by atoms with Gasteiger partial charge in [0.15, 0.2) is 5.78 Å². The summed E-state index contributed by atoms with van der Waals surface area (Å²) in [5.41, 5.74) is 0.857. The van der Waals surface area contributed by atoms with Crippen LogP contribution in [0.4, 0.5) is 0 Å². The van der Waals surface area contributed by atoms with Crippen molar-refractivity contribution in [3.63, 3.8) is 0 Å². The molecule has 2 heteroatoms. The van der Waals surface area contributed by atoms with Gasteiger partial charge in [-0.15, -0.1) is 0 Å². The largest absolute Gasteiger partial charge is 0.348 e. The molecule has 0 aromatic carbocycles. The molecule has 16 heavy (non-hydrogen) atoms. The van der Waals surface area contributed by atoms with E-state index >= 15 is 0 Å². The molecule has 0 amide bonds. The van der Waals surface area contributed by atoms with E-state index in [1.165, 1.54) is 32.1 Å². The maximum Gasteiger partial charge on any atom is 0.179 e. The van der Waals surface area contributed by atoms with Gasteiger partial charge in [-0.3, -0.25) is 4.79 Å². The normalized spacial score (nSPS) is 17.6. The minimum Gasteiger partial charge on any atom is -0.348 e. The number of hydrogen-bond donors (Lipinski definition) is 0. The first-order valence-electron chi connectivity index (χ1n) is 6.42. The molecular weight excluding hydrogens is 198 g/mol. The van der Waals surface area contributed by atoms with Crippen molar-refractivity contribution < 1.29 is 4.79 Å². The molecule has 88 valence electrons. The van der Waals surface area contributed by atoms with Crippen molar-refractivity contribution in [1.82, 2.24) is 4.57 Å². The fourth-order valence-electron chi connectivity index (χ4n) is 2.69. The highest BCUT2D eigenvalue weighted by molar-refractivity contribution is 5.94. The van der Waals surface area contributed by atoms with Gasteiger partial charge in [0.1, 0.15) is 0 Å². The van der Waals surface area contributed by atoms with E-state index in [2.05, 4.69) is 0 Å². The molecule has 0 aliphatic heterocycles. The Morgan fingerprint density at radius 2 is 2.12 bits per heavy atom. The average Bonchev–Trinajstić information content (AvgIpc) is 2.74. The summed E-state index contributed by atoms with van der Waals surface area (Å²) in [5.74, 6) is 1.11. The summed E-state index contributed by atoms with van der Waals surface area (Å²) in [6, 6.07) is 3.86. The van der Waals surface area contributed by atoms with Gasteiger partial charge in [-0.2, -0.15) is 0 Å². The number of nitrogens with zero attached hydrogens (tertiary/aromatic N) is 1. The van der Waals surface area contributed by atoms with Crippen LogP contribution in [0.5, 0.6) is 0 Å². The number of aryl methyl sites for hydroxylation is 1. The molecule has 1 aromatic rings. The van der Waals surface area contributed by atoms with Gasteiger partial charge in [-0.1, -0.05) is 32.1 Å². The van der Waals surface area contributed by atoms with Gasteiger partial charge >= 0.3 is 0 Å². The minimum absolute atomic E-state index is 0.304. The third-order valence-corrected chi connectivity index (χ3v) is 3.73. The van der Waals surface area contributed by atoms with Crippen molar-refractivity contribution in [2.45, 2.75) is 44.9 Å². The van der Waals surface area contributed by atoms with Crippen molar-refractivity contribution >= 4 is 5.78 Å². The highest BCUT2D eigenvalue weighted by Crippen LogP contribution is 2.27. The van der Waals surface area contributed by atoms with Crippen LogP contribution in [0.3, 0.4) is 0 Å². The van der Waals surface area contributed by atoms with Gasteiger partial charge in [-0.25, -0.2) is 0 Å². The molecule has 2 nitrogen and oxygen atoms in total. The SMILES string of the molecule is Cn1cccc1C(=O)CCC1CCCCC1. The second kappa shape index (κ2) is 5.33. The predicted octanol–water partition coefficient (Wildman–Crippen LogP) is 3.57. The van der Waals surface area contributed by atoms with E-state index in [1.54, 1.807) is 0 Å². The molecule has 0 saturated heterocycles. The second-order valence-corrected chi connectivity index (χ2v) is 4.97. The summed E-state index contributed by atoms with van der Waals surface area (Å²) in [6.45, 7) is 0. The standard InChI is InChI=1S/C14H21NO/c1-15-11-5-8-13(15)14(16)10-9-12-6-3-2-4-7-12/h5,8,11-12H,2-4,6-7,9-10H2,1H3. The van der Waals surface area contributed by atoms with Crippen LogP contribution < -0.4 is 0 Å². The Kier molecular flexibility index (Phi) is 3.81. The Hall–Kier alpha value is -1.05. The number of aromatic nitrogens is 1. The van der Waals surface area contributed by atoms with Gasteiger partial charge in [0.05, 0.1) is 5.69 Å². The smallest absolute Gasteiger partial charge is 0.179 e. The number of rotatable bonds is 4. The lowest BCUT2D eigenvalue weighted by Crippen LogP contribution is -2.11. The van der Waals surface area contributed by atoms with E-state index < -0.39 is 0 Å². The molecular formula is C14H21NO. The third kappa shape index (κ3) is 2.75. The van der Waals surface area contributed by atoms with E-state index in [-0.39, 0.29) is 0 Å². The van der Waals surface area contributed by atoms with E-state index in [1.807, 2.05) is 29.9 Å². The Morgan fingerprint density at radius 1 is 1.38 bits per heavy atom. The van der Waals surface area contributed by atoms with Crippen molar-refractivity contribution in [2.75, 3.05) is 0 Å². The molecule has 0 N–H and O–H groups in total. The molecule has 2 rings (SSSR count). The Labute approximate surface area is 97.7 Å². The minimum atomic E-state index is 0.304. The maximum atomic E-state index is 11.9. The summed E-state index contributed by atoms with van der Waals surface area (Å²) < 4.78 is 1.92. The molecule has 0 atom stereocenters. The Morgan fingerprint density at radius 3 is 2.75 bits per heavy atom. The van der Waals surface area contributed by atoms with Crippen molar-refractivity contribution in [2.24, 2.45) is 13.0 Å². The molecule has 1 fully saturated rings. The highest BCUT2D eigenvalue weighted by atomic mass is 16.1. The summed E-state index contributed by atoms with van der Waals surface area (Å²) in [7, 11) is 1.94. The second-order valence-electron chi connectivity index (χ2n) is 4.97. The van der Waals surface area contributed by atoms with Gasteiger partial charge in [-0.05, 0) is 24.5 Å². The fraction of sp³-hybridized carbons (Fsp3) is 0.643. The van der Waals surface area contributed by atoms with Crippen LogP contribution in [-0.4, -0.2) is 10.4 Å². The van der Waals surface area contributed by atoms with Crippen LogP contribution in [0.1, 0.15) is 55.4 Å². The molecule has 0 radical (unpaired) electrons. The topological polar surface area (TPSA) is 22.0 Å². The van der Waals surface area contributed by atoms with Crippen LogP contribution in [0.25, 0.3) is 0 Å². The molecule has 0 unspecified atom stereocenters. The predicted molar refractivity (Wildman–Crippen MR) is 65.6 cm³/mol. The fourth-order valence-corrected chi connectivity index (χ4v) is 2.69. The highest BCUT2D eigenvalue weighted by Gasteiger charge is 2.16. The van der Waals surface area contributed by atoms with Crippen LogP contribution in [0, 0.1) is 5.92 Å². The van der Waals surface area contributed by atoms with E-state index in [9.17, 15) is 4.79 Å². The molecule has 1 saturated carbocycles. The lowest BCUT2D eigenvalue weighted by Gasteiger charge is -2.20. The molecule has 1 aromatic heterocycles. The van der Waals surface area contributed by atoms with Crippen LogP contribution in [0.15, 0.2) is 18.3 Å². The zero-order valence-corrected chi connectivity index (χ0v) is 10.1. The summed E-state index contributed by atoms with van der Waals surface area (Å²) in [5, 5.41) is 0. The van der Waals surface area contributed by atoms with E-state index in [0.29, 0.717) is 5.78 Å². The number of ketones is 1. The third-order valence-electron chi connectivity index (χ3n) is 3.73. The first-order valence-corrected chi connectivity index (χ1v) is 6.42. The Bertz CT molecular complexity index is 347. The number of Topliss-reactive ketones (excluding diaryl/α,β-unsaturated/α-hetero) is 1. The number of hydrogen-bond acceptors (Lipinski definition) is 1. The quantitative estimate of drug-likeness (QED) is 0.710. The molecule has 1 heterocycles. The zero-order valence-electron chi connectivity index (χ0n) is 10.1. The molecule has 1 aliphatic rings. The zero-order chi connectivity index (χ0) is 11.4. The number of carbonyl (C=O) groups is 1. The van der Waals surface area contributed by atoms with Crippen molar-refractivity contribution in [3.8, 4) is 0 Å². The summed E-state index contributed by atoms with van der Waals surface area (Å²) >= 11 is 0. The summed E-state index contributed by atoms with van der Waals surface area (Å²) in [6.07, 6.45) is 10.5. The van der Waals surface area contributed by atoms with E-state index in [0.717, 1.165) is 24.5 Å². The maximum absolute atomic E-state index is 11.9. The molecule has 1 aliphatic carbocycles. The first-order chi connectivity index (χ1) is 7.77. The van der Waals surface area contributed by atoms with Gasteiger partial charge in [0.25, 0.3) is 0 Å². The molecule has 0 spiro atoms. The van der Waals surface area contributed by atoms with Crippen LogP contribution in [-0.2, 0) is 7.05 Å². The first kappa shape index (κ1) is 11.4. The van der Waals surface area contributed by atoms with Gasteiger partial charge < -0.3 is 4.57 Å². The molecule has 0 bridgehead atoms. The van der Waals surface area contributed by atoms with Crippen molar-refractivity contribution in [1.29, 1.82) is 0 Å². The van der Waals surface area contributed by atoms with E-state index in [4.69, 9.17) is 0 Å². The van der Waals surface area contributed by atoms with Gasteiger partial charge in [0.2, 0.25) is 0 Å².